The predicted molar refractivity (Wildman–Crippen MR) is 55.0 cm³/mol. The lowest BCUT2D eigenvalue weighted by atomic mass is 10.3. The Morgan fingerprint density at radius 3 is 2.93 bits per heavy atom. The summed E-state index contributed by atoms with van der Waals surface area (Å²) in [6.07, 6.45) is 4.67. The van der Waals surface area contributed by atoms with E-state index in [0.717, 1.165) is 30.5 Å². The molecule has 2 heterocycles. The van der Waals surface area contributed by atoms with Gasteiger partial charge in [-0.25, -0.2) is 4.98 Å². The fraction of sp³-hybridized carbons (Fsp3) is 0.273. The van der Waals surface area contributed by atoms with E-state index in [9.17, 15) is 5.11 Å². The third kappa shape index (κ3) is 1.21. The van der Waals surface area contributed by atoms with Crippen LogP contribution in [0.1, 0.15) is 17.7 Å². The van der Waals surface area contributed by atoms with Crippen LogP contribution in [0.2, 0.25) is 0 Å². The Labute approximate surface area is 87.2 Å². The van der Waals surface area contributed by atoms with Crippen LogP contribution in [0.4, 0.5) is 0 Å². The highest BCUT2D eigenvalue weighted by atomic mass is 16.3. The number of nitrogens with zero attached hydrogens (tertiary/aromatic N) is 3. The van der Waals surface area contributed by atoms with Gasteiger partial charge in [-0.15, -0.1) is 0 Å². The molecule has 0 saturated carbocycles. The number of aromatic hydroxyl groups is 1. The van der Waals surface area contributed by atoms with Gasteiger partial charge in [0.2, 0.25) is 5.88 Å². The third-order valence-corrected chi connectivity index (χ3v) is 2.75. The summed E-state index contributed by atoms with van der Waals surface area (Å²) in [5.41, 5.74) is 2.00. The Kier molecular flexibility index (Phi) is 1.74. The van der Waals surface area contributed by atoms with Crippen LogP contribution in [0, 0.1) is 0 Å². The van der Waals surface area contributed by atoms with Gasteiger partial charge in [-0.1, -0.05) is 6.07 Å². The van der Waals surface area contributed by atoms with Gasteiger partial charge in [0.05, 0.1) is 5.69 Å². The van der Waals surface area contributed by atoms with Crippen molar-refractivity contribution in [1.82, 2.24) is 14.8 Å². The minimum Gasteiger partial charge on any atom is -0.493 e. The molecule has 0 bridgehead atoms. The second-order valence-electron chi connectivity index (χ2n) is 3.70. The molecule has 4 nitrogen and oxygen atoms in total. The van der Waals surface area contributed by atoms with E-state index in [1.807, 2.05) is 18.2 Å². The molecule has 76 valence electrons. The average molecular weight is 201 g/mol. The zero-order valence-electron chi connectivity index (χ0n) is 8.22. The number of pyridine rings is 1. The summed E-state index contributed by atoms with van der Waals surface area (Å²) in [5, 5.41) is 14.3. The normalized spacial score (nSPS) is 14.1. The second-order valence-corrected chi connectivity index (χ2v) is 3.70. The fourth-order valence-electron chi connectivity index (χ4n) is 2.01. The van der Waals surface area contributed by atoms with Crippen LogP contribution in [0.15, 0.2) is 24.4 Å². The summed E-state index contributed by atoms with van der Waals surface area (Å²) >= 11 is 0. The standard InChI is InChI=1S/C11H11N3O/c15-11-8-4-3-5-9(8)13-14(11)10-6-1-2-7-12-10/h1-2,6-7,15H,3-5H2. The zero-order chi connectivity index (χ0) is 10.3. The summed E-state index contributed by atoms with van der Waals surface area (Å²) in [7, 11) is 0. The van der Waals surface area contributed by atoms with Crippen LogP contribution in [-0.4, -0.2) is 19.9 Å². The van der Waals surface area contributed by atoms with Crippen LogP contribution in [0.25, 0.3) is 5.82 Å². The minimum absolute atomic E-state index is 0.251. The summed E-state index contributed by atoms with van der Waals surface area (Å²) in [4.78, 5) is 4.16. The minimum atomic E-state index is 0.251. The van der Waals surface area contributed by atoms with Crippen molar-refractivity contribution in [1.29, 1.82) is 0 Å². The Morgan fingerprint density at radius 1 is 1.27 bits per heavy atom. The van der Waals surface area contributed by atoms with Crippen LogP contribution in [0.5, 0.6) is 5.88 Å². The van der Waals surface area contributed by atoms with E-state index >= 15 is 0 Å². The van der Waals surface area contributed by atoms with E-state index in [1.54, 1.807) is 6.20 Å². The average Bonchev–Trinajstić information content (AvgIpc) is 2.83. The van der Waals surface area contributed by atoms with E-state index in [2.05, 4.69) is 10.1 Å². The van der Waals surface area contributed by atoms with Gasteiger partial charge in [0.25, 0.3) is 0 Å². The molecule has 0 amide bonds. The summed E-state index contributed by atoms with van der Waals surface area (Å²) in [6.45, 7) is 0. The fourth-order valence-corrected chi connectivity index (χ4v) is 2.01. The molecule has 0 atom stereocenters. The van der Waals surface area contributed by atoms with Crippen molar-refractivity contribution >= 4 is 0 Å². The van der Waals surface area contributed by atoms with Crippen LogP contribution >= 0.6 is 0 Å². The Morgan fingerprint density at radius 2 is 2.20 bits per heavy atom. The van der Waals surface area contributed by atoms with Crippen molar-refractivity contribution in [3.63, 3.8) is 0 Å². The van der Waals surface area contributed by atoms with Gasteiger partial charge >= 0.3 is 0 Å². The lowest BCUT2D eigenvalue weighted by molar-refractivity contribution is 0.425. The van der Waals surface area contributed by atoms with Crippen molar-refractivity contribution in [3.8, 4) is 11.7 Å². The first kappa shape index (κ1) is 8.47. The Balaban J connectivity index is 2.14. The molecule has 1 aliphatic rings. The number of fused-ring (bicyclic) bond motifs is 1. The molecule has 0 spiro atoms. The molecule has 0 saturated heterocycles. The van der Waals surface area contributed by atoms with E-state index in [4.69, 9.17) is 0 Å². The van der Waals surface area contributed by atoms with E-state index in [-0.39, 0.29) is 5.88 Å². The van der Waals surface area contributed by atoms with Gasteiger partial charge in [0.1, 0.15) is 0 Å². The summed E-state index contributed by atoms with van der Waals surface area (Å²) in [5.74, 6) is 0.922. The first-order chi connectivity index (χ1) is 7.36. The van der Waals surface area contributed by atoms with E-state index < -0.39 is 0 Å². The van der Waals surface area contributed by atoms with Gasteiger partial charge in [-0.3, -0.25) is 0 Å². The molecule has 0 unspecified atom stereocenters. The van der Waals surface area contributed by atoms with Crippen molar-refractivity contribution < 1.29 is 5.11 Å². The van der Waals surface area contributed by atoms with Crippen molar-refractivity contribution in [2.75, 3.05) is 0 Å². The Bertz CT molecular complexity index is 490. The molecule has 2 aromatic heterocycles. The second kappa shape index (κ2) is 3.08. The molecular weight excluding hydrogens is 190 g/mol. The van der Waals surface area contributed by atoms with E-state index in [0.29, 0.717) is 5.82 Å². The summed E-state index contributed by atoms with van der Waals surface area (Å²) < 4.78 is 1.52. The zero-order valence-corrected chi connectivity index (χ0v) is 8.22. The molecule has 0 fully saturated rings. The molecule has 4 heteroatoms. The van der Waals surface area contributed by atoms with Gasteiger partial charge < -0.3 is 5.11 Å². The number of hydrogen-bond donors (Lipinski definition) is 1. The molecule has 0 aromatic carbocycles. The monoisotopic (exact) mass is 201 g/mol. The number of aryl methyl sites for hydroxylation is 1. The van der Waals surface area contributed by atoms with Crippen LogP contribution in [0.3, 0.4) is 0 Å². The highest BCUT2D eigenvalue weighted by Crippen LogP contribution is 2.30. The molecular formula is C11H11N3O. The van der Waals surface area contributed by atoms with Crippen molar-refractivity contribution in [3.05, 3.63) is 35.7 Å². The number of rotatable bonds is 1. The lowest BCUT2D eigenvalue weighted by Crippen LogP contribution is -1.99. The first-order valence-corrected chi connectivity index (χ1v) is 5.07. The van der Waals surface area contributed by atoms with Crippen molar-refractivity contribution in [2.45, 2.75) is 19.3 Å². The maximum atomic E-state index is 9.96. The SMILES string of the molecule is Oc1c2c(nn1-c1ccccn1)CCC2. The molecule has 0 radical (unpaired) electrons. The van der Waals surface area contributed by atoms with Gasteiger partial charge in [0, 0.05) is 11.8 Å². The predicted octanol–water partition coefficient (Wildman–Crippen LogP) is 1.46. The third-order valence-electron chi connectivity index (χ3n) is 2.75. The summed E-state index contributed by atoms with van der Waals surface area (Å²) in [6, 6.07) is 5.56. The smallest absolute Gasteiger partial charge is 0.219 e. The molecule has 1 aliphatic carbocycles. The number of hydrogen-bond acceptors (Lipinski definition) is 3. The molecule has 2 aromatic rings. The quantitative estimate of drug-likeness (QED) is 0.760. The van der Waals surface area contributed by atoms with E-state index in [1.165, 1.54) is 4.68 Å². The van der Waals surface area contributed by atoms with Crippen LogP contribution in [-0.2, 0) is 12.8 Å². The highest BCUT2D eigenvalue weighted by Gasteiger charge is 2.22. The molecule has 15 heavy (non-hydrogen) atoms. The van der Waals surface area contributed by atoms with Gasteiger partial charge in [0.15, 0.2) is 5.82 Å². The highest BCUT2D eigenvalue weighted by molar-refractivity contribution is 5.39. The topological polar surface area (TPSA) is 50.9 Å². The number of aromatic nitrogens is 3. The largest absolute Gasteiger partial charge is 0.493 e. The lowest BCUT2D eigenvalue weighted by Gasteiger charge is -2.01. The Hall–Kier alpha value is -1.84. The molecule has 0 aliphatic heterocycles. The first-order valence-electron chi connectivity index (χ1n) is 5.07. The van der Waals surface area contributed by atoms with Crippen molar-refractivity contribution in [2.24, 2.45) is 0 Å². The maximum absolute atomic E-state index is 9.96. The van der Waals surface area contributed by atoms with Crippen LogP contribution < -0.4 is 0 Å². The molecule has 1 N–H and O–H groups in total. The van der Waals surface area contributed by atoms with Gasteiger partial charge in [-0.2, -0.15) is 9.78 Å². The molecule has 3 rings (SSSR count). The van der Waals surface area contributed by atoms with Gasteiger partial charge in [-0.05, 0) is 31.4 Å². The maximum Gasteiger partial charge on any atom is 0.219 e.